The van der Waals surface area contributed by atoms with Crippen LogP contribution in [0.1, 0.15) is 29.3 Å². The van der Waals surface area contributed by atoms with E-state index in [0.717, 1.165) is 5.69 Å². The Hall–Kier alpha value is -0.770. The first-order valence-electron chi connectivity index (χ1n) is 3.57. The number of rotatable bonds is 2. The van der Waals surface area contributed by atoms with Crippen molar-refractivity contribution in [3.05, 3.63) is 16.1 Å². The number of carbonyl (C=O) groups is 1. The first-order valence-corrected chi connectivity index (χ1v) is 4.45. The van der Waals surface area contributed by atoms with Crippen molar-refractivity contribution in [3.8, 4) is 0 Å². The number of Topliss-reactive ketones (excluding diaryl/α,β-unsaturated/α-hetero) is 1. The maximum Gasteiger partial charge on any atom is 0.227 e. The van der Waals surface area contributed by atoms with Gasteiger partial charge in [-0.1, -0.05) is 0 Å². The Bertz CT molecular complexity index is 300. The summed E-state index contributed by atoms with van der Waals surface area (Å²) in [4.78, 5) is 15.2. The fourth-order valence-corrected chi connectivity index (χ4v) is 1.59. The van der Waals surface area contributed by atoms with Crippen molar-refractivity contribution >= 4 is 17.1 Å². The van der Waals surface area contributed by atoms with Crippen LogP contribution in [-0.2, 0) is 0 Å². The number of ketones is 1. The Morgan fingerprint density at radius 3 is 2.58 bits per heavy atom. The highest BCUT2D eigenvalue weighted by atomic mass is 32.1. The van der Waals surface area contributed by atoms with Gasteiger partial charge in [0, 0.05) is 11.1 Å². The highest BCUT2D eigenvalue weighted by Crippen LogP contribution is 2.19. The molecule has 0 fully saturated rings. The molecule has 0 amide bonds. The molecule has 0 unspecified atom stereocenters. The number of halogens is 1. The van der Waals surface area contributed by atoms with Crippen molar-refractivity contribution < 1.29 is 9.18 Å². The standard InChI is InChI=1S/C8H10FNOS/c1-5-4-12-7(10-5)6(11)8(2,3)9/h4H,1-3H3. The largest absolute Gasteiger partial charge is 0.288 e. The van der Waals surface area contributed by atoms with Gasteiger partial charge in [0.15, 0.2) is 10.7 Å². The first kappa shape index (κ1) is 9.32. The van der Waals surface area contributed by atoms with Crippen LogP contribution in [0.4, 0.5) is 4.39 Å². The number of hydrogen-bond acceptors (Lipinski definition) is 3. The molecule has 1 rings (SSSR count). The lowest BCUT2D eigenvalue weighted by molar-refractivity contribution is 0.0759. The zero-order chi connectivity index (χ0) is 9.35. The summed E-state index contributed by atoms with van der Waals surface area (Å²) in [5, 5.41) is 1.99. The number of thiazole rings is 1. The number of alkyl halides is 1. The van der Waals surface area contributed by atoms with Crippen LogP contribution in [0, 0.1) is 6.92 Å². The molecule has 66 valence electrons. The van der Waals surface area contributed by atoms with E-state index in [2.05, 4.69) is 4.98 Å². The van der Waals surface area contributed by atoms with E-state index in [0.29, 0.717) is 0 Å². The molecule has 0 atom stereocenters. The van der Waals surface area contributed by atoms with Crippen LogP contribution in [0.15, 0.2) is 5.38 Å². The van der Waals surface area contributed by atoms with Crippen LogP contribution in [0.5, 0.6) is 0 Å². The van der Waals surface area contributed by atoms with Gasteiger partial charge in [-0.05, 0) is 20.8 Å². The van der Waals surface area contributed by atoms with Crippen molar-refractivity contribution in [2.45, 2.75) is 26.4 Å². The summed E-state index contributed by atoms with van der Waals surface area (Å²) in [7, 11) is 0. The lowest BCUT2D eigenvalue weighted by Crippen LogP contribution is -2.25. The zero-order valence-electron chi connectivity index (χ0n) is 7.22. The normalized spacial score (nSPS) is 11.7. The summed E-state index contributed by atoms with van der Waals surface area (Å²) in [5.41, 5.74) is -1.06. The molecule has 2 nitrogen and oxygen atoms in total. The molecule has 0 spiro atoms. The lowest BCUT2D eigenvalue weighted by Gasteiger charge is -2.08. The Morgan fingerprint density at radius 1 is 1.67 bits per heavy atom. The fraction of sp³-hybridized carbons (Fsp3) is 0.500. The molecular weight excluding hydrogens is 177 g/mol. The molecule has 0 aliphatic heterocycles. The zero-order valence-corrected chi connectivity index (χ0v) is 8.04. The van der Waals surface area contributed by atoms with Crippen molar-refractivity contribution in [3.63, 3.8) is 0 Å². The second-order valence-electron chi connectivity index (χ2n) is 3.10. The van der Waals surface area contributed by atoms with Gasteiger partial charge < -0.3 is 0 Å². The third kappa shape index (κ3) is 1.88. The molecule has 1 heterocycles. The smallest absolute Gasteiger partial charge is 0.227 e. The molecule has 1 aromatic rings. The highest BCUT2D eigenvalue weighted by Gasteiger charge is 2.29. The Morgan fingerprint density at radius 2 is 2.25 bits per heavy atom. The monoisotopic (exact) mass is 187 g/mol. The quantitative estimate of drug-likeness (QED) is 0.665. The van der Waals surface area contributed by atoms with Crippen LogP contribution in [0.2, 0.25) is 0 Å². The van der Waals surface area contributed by atoms with Crippen LogP contribution >= 0.6 is 11.3 Å². The minimum Gasteiger partial charge on any atom is -0.288 e. The summed E-state index contributed by atoms with van der Waals surface area (Å²) in [6, 6.07) is 0. The topological polar surface area (TPSA) is 30.0 Å². The lowest BCUT2D eigenvalue weighted by atomic mass is 10.1. The molecule has 12 heavy (non-hydrogen) atoms. The van der Waals surface area contributed by atoms with E-state index in [9.17, 15) is 9.18 Å². The predicted octanol–water partition coefficient (Wildman–Crippen LogP) is 2.38. The molecule has 1 aromatic heterocycles. The van der Waals surface area contributed by atoms with E-state index in [1.165, 1.54) is 25.2 Å². The van der Waals surface area contributed by atoms with Crippen LogP contribution in [0.25, 0.3) is 0 Å². The van der Waals surface area contributed by atoms with Crippen molar-refractivity contribution in [2.75, 3.05) is 0 Å². The van der Waals surface area contributed by atoms with Gasteiger partial charge in [0.2, 0.25) is 5.78 Å². The summed E-state index contributed by atoms with van der Waals surface area (Å²) < 4.78 is 13.1. The molecule has 0 aromatic carbocycles. The SMILES string of the molecule is Cc1csc(C(=O)C(C)(C)F)n1. The van der Waals surface area contributed by atoms with E-state index < -0.39 is 11.5 Å². The van der Waals surface area contributed by atoms with Gasteiger partial charge in [-0.2, -0.15) is 0 Å². The van der Waals surface area contributed by atoms with Gasteiger partial charge >= 0.3 is 0 Å². The number of nitrogens with zero attached hydrogens (tertiary/aromatic N) is 1. The Kier molecular flexibility index (Phi) is 2.28. The van der Waals surface area contributed by atoms with Crippen LogP contribution in [-0.4, -0.2) is 16.4 Å². The molecule has 0 radical (unpaired) electrons. The van der Waals surface area contributed by atoms with Gasteiger partial charge in [0.05, 0.1) is 0 Å². The van der Waals surface area contributed by atoms with E-state index in [1.54, 1.807) is 12.3 Å². The molecular formula is C8H10FNOS. The third-order valence-electron chi connectivity index (χ3n) is 1.35. The van der Waals surface area contributed by atoms with Crippen molar-refractivity contribution in [1.29, 1.82) is 0 Å². The first-order chi connectivity index (χ1) is 5.41. The van der Waals surface area contributed by atoms with Crippen LogP contribution in [0.3, 0.4) is 0 Å². The van der Waals surface area contributed by atoms with E-state index in [-0.39, 0.29) is 5.01 Å². The predicted molar refractivity (Wildman–Crippen MR) is 46.4 cm³/mol. The second-order valence-corrected chi connectivity index (χ2v) is 3.95. The molecule has 0 N–H and O–H groups in total. The van der Waals surface area contributed by atoms with Gasteiger partial charge in [-0.3, -0.25) is 4.79 Å². The Balaban J connectivity index is 2.93. The average molecular weight is 187 g/mol. The van der Waals surface area contributed by atoms with Gasteiger partial charge in [-0.25, -0.2) is 9.37 Å². The minimum atomic E-state index is -1.82. The molecule has 0 saturated heterocycles. The van der Waals surface area contributed by atoms with Gasteiger partial charge in [0.25, 0.3) is 0 Å². The highest BCUT2D eigenvalue weighted by molar-refractivity contribution is 7.11. The second kappa shape index (κ2) is 2.94. The summed E-state index contributed by atoms with van der Waals surface area (Å²) in [6.45, 7) is 4.26. The van der Waals surface area contributed by atoms with E-state index in [1.807, 2.05) is 0 Å². The fourth-order valence-electron chi connectivity index (χ4n) is 0.713. The maximum atomic E-state index is 13.1. The molecule has 0 aliphatic rings. The summed E-state index contributed by atoms with van der Waals surface area (Å²) in [6.07, 6.45) is 0. The molecule has 0 aliphatic carbocycles. The number of hydrogen-bond donors (Lipinski definition) is 0. The summed E-state index contributed by atoms with van der Waals surface area (Å²) in [5.74, 6) is -0.541. The van der Waals surface area contributed by atoms with E-state index >= 15 is 0 Å². The van der Waals surface area contributed by atoms with Crippen molar-refractivity contribution in [2.24, 2.45) is 0 Å². The maximum absolute atomic E-state index is 13.1. The number of aryl methyl sites for hydroxylation is 1. The van der Waals surface area contributed by atoms with Crippen molar-refractivity contribution in [1.82, 2.24) is 4.98 Å². The molecule has 4 heteroatoms. The Labute approximate surface area is 74.4 Å². The molecule has 0 bridgehead atoms. The van der Waals surface area contributed by atoms with Gasteiger partial charge in [0.1, 0.15) is 0 Å². The average Bonchev–Trinajstić information content (AvgIpc) is 2.32. The minimum absolute atomic E-state index is 0.250. The molecule has 0 saturated carbocycles. The van der Waals surface area contributed by atoms with Crippen LogP contribution < -0.4 is 0 Å². The third-order valence-corrected chi connectivity index (χ3v) is 2.31. The van der Waals surface area contributed by atoms with Gasteiger partial charge in [-0.15, -0.1) is 11.3 Å². The summed E-state index contributed by atoms with van der Waals surface area (Å²) >= 11 is 1.18. The number of aromatic nitrogens is 1. The van der Waals surface area contributed by atoms with E-state index in [4.69, 9.17) is 0 Å². The number of carbonyl (C=O) groups excluding carboxylic acids is 1.